The Bertz CT molecular complexity index is 970. The molecule has 0 unspecified atom stereocenters. The van der Waals surface area contributed by atoms with Crippen LogP contribution in [0.25, 0.3) is 0 Å². The first kappa shape index (κ1) is 20.1. The minimum atomic E-state index is 0.378. The second-order valence-electron chi connectivity index (χ2n) is 6.28. The molecule has 142 valence electrons. The molecule has 0 aliphatic rings. The van der Waals surface area contributed by atoms with Crippen molar-refractivity contribution in [2.24, 2.45) is 11.0 Å². The van der Waals surface area contributed by atoms with Crippen LogP contribution in [-0.2, 0) is 6.42 Å². The van der Waals surface area contributed by atoms with Crippen LogP contribution in [0.5, 0.6) is 5.75 Å². The zero-order chi connectivity index (χ0) is 19.4. The largest absolute Gasteiger partial charge is 0.490 e. The first-order valence-electron chi connectivity index (χ1n) is 8.29. The van der Waals surface area contributed by atoms with Gasteiger partial charge in [0.2, 0.25) is 4.77 Å². The van der Waals surface area contributed by atoms with Crippen molar-refractivity contribution in [2.45, 2.75) is 20.3 Å². The molecule has 0 saturated heterocycles. The summed E-state index contributed by atoms with van der Waals surface area (Å²) in [6.45, 7) is 4.67. The molecule has 2 heterocycles. The molecule has 0 aliphatic heterocycles. The molecule has 0 radical (unpaired) electrons. The van der Waals surface area contributed by atoms with Crippen molar-refractivity contribution in [3.8, 4) is 5.75 Å². The van der Waals surface area contributed by atoms with Gasteiger partial charge in [0.15, 0.2) is 11.6 Å². The van der Waals surface area contributed by atoms with E-state index in [2.05, 4.69) is 29.1 Å². The van der Waals surface area contributed by atoms with Gasteiger partial charge < -0.3 is 4.74 Å². The fourth-order valence-corrected chi connectivity index (χ4v) is 3.81. The number of rotatable bonds is 7. The molecule has 9 heteroatoms. The SMILES string of the molecule is CC(C)COc1c(Cl)cc(/C=N\n2c(Cc3cccs3)n[nH]c2=S)cc1Cl. The number of aromatic amines is 1. The number of H-pyrrole nitrogens is 1. The fraction of sp³-hybridized carbons (Fsp3) is 0.278. The summed E-state index contributed by atoms with van der Waals surface area (Å²) >= 11 is 19.6. The van der Waals surface area contributed by atoms with Crippen LogP contribution in [0.2, 0.25) is 10.0 Å². The fourth-order valence-electron chi connectivity index (χ4n) is 2.29. The van der Waals surface area contributed by atoms with Crippen molar-refractivity contribution in [1.82, 2.24) is 14.9 Å². The first-order chi connectivity index (χ1) is 12.9. The number of hydrogen-bond donors (Lipinski definition) is 1. The molecule has 3 aromatic rings. The minimum Gasteiger partial charge on any atom is -0.490 e. The van der Waals surface area contributed by atoms with Gasteiger partial charge in [-0.05, 0) is 47.3 Å². The average molecular weight is 441 g/mol. The van der Waals surface area contributed by atoms with Gasteiger partial charge in [0.05, 0.1) is 22.9 Å². The molecule has 1 aromatic carbocycles. The number of nitrogens with zero attached hydrogens (tertiary/aromatic N) is 3. The molecule has 0 amide bonds. The Morgan fingerprint density at radius 3 is 2.74 bits per heavy atom. The van der Waals surface area contributed by atoms with Crippen molar-refractivity contribution in [3.63, 3.8) is 0 Å². The van der Waals surface area contributed by atoms with Crippen molar-refractivity contribution >= 4 is 53.0 Å². The normalized spacial score (nSPS) is 11.6. The number of nitrogens with one attached hydrogen (secondary N) is 1. The van der Waals surface area contributed by atoms with Gasteiger partial charge in [0, 0.05) is 11.3 Å². The van der Waals surface area contributed by atoms with Gasteiger partial charge in [-0.1, -0.05) is 43.1 Å². The van der Waals surface area contributed by atoms with Crippen LogP contribution in [0.15, 0.2) is 34.7 Å². The molecule has 0 atom stereocenters. The maximum Gasteiger partial charge on any atom is 0.216 e. The van der Waals surface area contributed by atoms with Crippen LogP contribution in [-0.4, -0.2) is 27.7 Å². The van der Waals surface area contributed by atoms with E-state index in [-0.39, 0.29) is 0 Å². The van der Waals surface area contributed by atoms with Crippen LogP contribution in [0, 0.1) is 10.7 Å². The summed E-state index contributed by atoms with van der Waals surface area (Å²) in [5.41, 5.74) is 0.743. The number of benzene rings is 1. The predicted molar refractivity (Wildman–Crippen MR) is 114 cm³/mol. The maximum absolute atomic E-state index is 6.32. The van der Waals surface area contributed by atoms with Gasteiger partial charge in [0.25, 0.3) is 0 Å². The number of thiophene rings is 1. The topological polar surface area (TPSA) is 55.2 Å². The molecular weight excluding hydrogens is 423 g/mol. The molecule has 0 aliphatic carbocycles. The second-order valence-corrected chi connectivity index (χ2v) is 8.51. The van der Waals surface area contributed by atoms with Crippen LogP contribution in [0.3, 0.4) is 0 Å². The van der Waals surface area contributed by atoms with E-state index in [1.165, 1.54) is 4.88 Å². The highest BCUT2D eigenvalue weighted by atomic mass is 35.5. The number of ether oxygens (including phenoxy) is 1. The third-order valence-corrected chi connectivity index (χ3v) is 5.24. The Hall–Kier alpha value is -1.67. The lowest BCUT2D eigenvalue weighted by atomic mass is 10.2. The lowest BCUT2D eigenvalue weighted by Crippen LogP contribution is -2.05. The third kappa shape index (κ3) is 5.19. The first-order valence-corrected chi connectivity index (χ1v) is 10.3. The van der Waals surface area contributed by atoms with Crippen molar-refractivity contribution in [1.29, 1.82) is 0 Å². The highest BCUT2D eigenvalue weighted by molar-refractivity contribution is 7.71. The number of aromatic nitrogens is 3. The van der Waals surface area contributed by atoms with E-state index in [4.69, 9.17) is 40.2 Å². The molecule has 1 N–H and O–H groups in total. The van der Waals surface area contributed by atoms with Gasteiger partial charge in [-0.25, -0.2) is 0 Å². The molecule has 0 spiro atoms. The van der Waals surface area contributed by atoms with Gasteiger partial charge in [0.1, 0.15) is 0 Å². The summed E-state index contributed by atoms with van der Waals surface area (Å²) in [7, 11) is 0. The van der Waals surface area contributed by atoms with Gasteiger partial charge in [-0.2, -0.15) is 14.9 Å². The van der Waals surface area contributed by atoms with E-state index in [1.54, 1.807) is 34.4 Å². The standard InChI is InChI=1S/C18H18Cl2N4OS2/c1-11(2)10-25-17-14(19)6-12(7-15(17)20)9-21-24-16(22-23-18(24)26)8-13-4-3-5-27-13/h3-7,9,11H,8,10H2,1-2H3,(H,23,26)/b21-9-. The molecule has 3 rings (SSSR count). The highest BCUT2D eigenvalue weighted by Gasteiger charge is 2.11. The van der Waals surface area contributed by atoms with E-state index < -0.39 is 0 Å². The molecule has 0 bridgehead atoms. The van der Waals surface area contributed by atoms with E-state index in [1.807, 2.05) is 17.5 Å². The van der Waals surface area contributed by atoms with Crippen molar-refractivity contribution < 1.29 is 4.74 Å². The Morgan fingerprint density at radius 1 is 1.37 bits per heavy atom. The van der Waals surface area contributed by atoms with E-state index in [0.717, 1.165) is 11.4 Å². The zero-order valence-corrected chi connectivity index (χ0v) is 17.9. The minimum absolute atomic E-state index is 0.378. The highest BCUT2D eigenvalue weighted by Crippen LogP contribution is 2.34. The van der Waals surface area contributed by atoms with Crippen LogP contribution in [0.4, 0.5) is 0 Å². The zero-order valence-electron chi connectivity index (χ0n) is 14.8. The lowest BCUT2D eigenvalue weighted by molar-refractivity contribution is 0.271. The summed E-state index contributed by atoms with van der Waals surface area (Å²) < 4.78 is 7.71. The number of hydrogen-bond acceptors (Lipinski definition) is 5. The quantitative estimate of drug-likeness (QED) is 0.372. The molecule has 5 nitrogen and oxygen atoms in total. The summed E-state index contributed by atoms with van der Waals surface area (Å²) in [5, 5.41) is 14.4. The number of halogens is 2. The Kier molecular flexibility index (Phi) is 6.70. The Morgan fingerprint density at radius 2 is 2.11 bits per heavy atom. The molecule has 27 heavy (non-hydrogen) atoms. The Labute approximate surface area is 176 Å². The monoisotopic (exact) mass is 440 g/mol. The summed E-state index contributed by atoms with van der Waals surface area (Å²) in [6, 6.07) is 7.57. The van der Waals surface area contributed by atoms with Crippen LogP contribution < -0.4 is 4.74 Å². The van der Waals surface area contributed by atoms with Crippen LogP contribution >= 0.6 is 46.8 Å². The van der Waals surface area contributed by atoms with Gasteiger partial charge in [-0.3, -0.25) is 5.10 Å². The lowest BCUT2D eigenvalue weighted by Gasteiger charge is -2.12. The molecule has 0 fully saturated rings. The van der Waals surface area contributed by atoms with E-state index in [0.29, 0.717) is 39.5 Å². The average Bonchev–Trinajstić information content (AvgIpc) is 3.23. The smallest absolute Gasteiger partial charge is 0.216 e. The third-order valence-electron chi connectivity index (χ3n) is 3.53. The van der Waals surface area contributed by atoms with E-state index in [9.17, 15) is 0 Å². The van der Waals surface area contributed by atoms with Gasteiger partial charge >= 0.3 is 0 Å². The van der Waals surface area contributed by atoms with E-state index >= 15 is 0 Å². The summed E-state index contributed by atoms with van der Waals surface area (Å²) in [6.07, 6.45) is 2.29. The maximum atomic E-state index is 6.32. The Balaban J connectivity index is 1.82. The summed E-state index contributed by atoms with van der Waals surface area (Å²) in [4.78, 5) is 1.18. The second kappa shape index (κ2) is 9.01. The molecule has 0 saturated carbocycles. The van der Waals surface area contributed by atoms with Crippen LogP contribution in [0.1, 0.15) is 30.1 Å². The molecular formula is C18H18Cl2N4OS2. The van der Waals surface area contributed by atoms with Crippen molar-refractivity contribution in [3.05, 3.63) is 60.7 Å². The predicted octanol–water partition coefficient (Wildman–Crippen LogP) is 5.82. The molecule has 2 aromatic heterocycles. The van der Waals surface area contributed by atoms with Crippen molar-refractivity contribution in [2.75, 3.05) is 6.61 Å². The summed E-state index contributed by atoms with van der Waals surface area (Å²) in [5.74, 6) is 1.60. The van der Waals surface area contributed by atoms with Gasteiger partial charge in [-0.15, -0.1) is 11.3 Å².